The molecule has 8 heteroatoms. The quantitative estimate of drug-likeness (QED) is 0.526. The molecule has 0 amide bonds. The molecular formula is C27H38N2O5S. The first-order chi connectivity index (χ1) is 16.5. The van der Waals surface area contributed by atoms with Crippen LogP contribution in [0, 0.1) is 11.3 Å². The summed E-state index contributed by atoms with van der Waals surface area (Å²) in [6, 6.07) is 6.51. The standard InChI is InChI=1S/C27H38N2O5S/c1-6-34-26(31)19(3)29-18(2)21(25-22(29)16-27(4,5)17-23(25)30)15-20-11-7-8-12-24(20)35(32,33)28-13-9-10-14-28/h7-8,11-12,18-19,21H,6,9-10,13-17H2,1-5H3. The van der Waals surface area contributed by atoms with Crippen LogP contribution in [0.3, 0.4) is 0 Å². The van der Waals surface area contributed by atoms with Crippen molar-refractivity contribution in [1.29, 1.82) is 0 Å². The second-order valence-corrected chi connectivity index (χ2v) is 12.8. The Morgan fingerprint density at radius 1 is 1.17 bits per heavy atom. The molecular weight excluding hydrogens is 464 g/mol. The fraction of sp³-hybridized carbons (Fsp3) is 0.630. The van der Waals surface area contributed by atoms with Crippen molar-refractivity contribution in [3.8, 4) is 0 Å². The van der Waals surface area contributed by atoms with Crippen molar-refractivity contribution in [2.24, 2.45) is 11.3 Å². The van der Waals surface area contributed by atoms with Crippen molar-refractivity contribution < 1.29 is 22.7 Å². The van der Waals surface area contributed by atoms with Crippen LogP contribution in [0.1, 0.15) is 65.9 Å². The molecule has 0 radical (unpaired) electrons. The van der Waals surface area contributed by atoms with Crippen molar-refractivity contribution in [2.45, 2.75) is 83.7 Å². The van der Waals surface area contributed by atoms with E-state index in [-0.39, 0.29) is 29.1 Å². The molecule has 2 heterocycles. The number of rotatable bonds is 7. The number of benzene rings is 1. The Morgan fingerprint density at radius 2 is 1.83 bits per heavy atom. The van der Waals surface area contributed by atoms with Crippen LogP contribution in [0.2, 0.25) is 0 Å². The van der Waals surface area contributed by atoms with Gasteiger partial charge in [-0.15, -0.1) is 0 Å². The number of allylic oxidation sites excluding steroid dienone is 1. The summed E-state index contributed by atoms with van der Waals surface area (Å²) in [4.78, 5) is 28.6. The molecule has 1 aromatic carbocycles. The normalized spacial score (nSPS) is 25.6. The van der Waals surface area contributed by atoms with Gasteiger partial charge in [0.2, 0.25) is 10.0 Å². The van der Waals surface area contributed by atoms with Gasteiger partial charge >= 0.3 is 5.97 Å². The number of carbonyl (C=O) groups excluding carboxylic acids is 2. The molecule has 0 spiro atoms. The average Bonchev–Trinajstić information content (AvgIpc) is 3.41. The molecule has 35 heavy (non-hydrogen) atoms. The molecule has 0 saturated carbocycles. The highest BCUT2D eigenvalue weighted by Gasteiger charge is 2.49. The van der Waals surface area contributed by atoms with Gasteiger partial charge in [-0.25, -0.2) is 13.2 Å². The van der Waals surface area contributed by atoms with Crippen LogP contribution in [0.15, 0.2) is 40.4 Å². The summed E-state index contributed by atoms with van der Waals surface area (Å²) >= 11 is 0. The van der Waals surface area contributed by atoms with E-state index in [1.165, 1.54) is 0 Å². The molecule has 1 aliphatic carbocycles. The van der Waals surface area contributed by atoms with Gasteiger partial charge in [0.1, 0.15) is 6.04 Å². The van der Waals surface area contributed by atoms with Gasteiger partial charge in [-0.3, -0.25) is 4.79 Å². The van der Waals surface area contributed by atoms with Crippen LogP contribution in [0.5, 0.6) is 0 Å². The lowest BCUT2D eigenvalue weighted by atomic mass is 9.73. The summed E-state index contributed by atoms with van der Waals surface area (Å²) < 4.78 is 33.8. The van der Waals surface area contributed by atoms with Gasteiger partial charge in [-0.05, 0) is 63.5 Å². The van der Waals surface area contributed by atoms with E-state index in [0.717, 1.165) is 29.7 Å². The van der Waals surface area contributed by atoms with Crippen molar-refractivity contribution in [3.63, 3.8) is 0 Å². The molecule has 192 valence electrons. The van der Waals surface area contributed by atoms with E-state index < -0.39 is 16.1 Å². The minimum absolute atomic E-state index is 0.103. The third kappa shape index (κ3) is 4.79. The first-order valence-corrected chi connectivity index (χ1v) is 14.2. The van der Waals surface area contributed by atoms with Crippen LogP contribution in [-0.4, -0.2) is 61.2 Å². The Bertz CT molecular complexity index is 1130. The molecule has 3 aliphatic rings. The minimum atomic E-state index is -3.60. The maximum Gasteiger partial charge on any atom is 0.328 e. The third-order valence-corrected chi connectivity index (χ3v) is 9.74. The van der Waals surface area contributed by atoms with Gasteiger partial charge in [-0.1, -0.05) is 32.0 Å². The number of carbonyl (C=O) groups is 2. The Balaban J connectivity index is 1.74. The van der Waals surface area contributed by atoms with Crippen molar-refractivity contribution in [3.05, 3.63) is 41.1 Å². The van der Waals surface area contributed by atoms with E-state index in [0.29, 0.717) is 43.9 Å². The Kier molecular flexibility index (Phi) is 7.17. The summed E-state index contributed by atoms with van der Waals surface area (Å²) in [5.41, 5.74) is 2.21. The van der Waals surface area contributed by atoms with E-state index in [9.17, 15) is 18.0 Å². The van der Waals surface area contributed by atoms with E-state index in [1.807, 2.05) is 26.0 Å². The summed E-state index contributed by atoms with van der Waals surface area (Å²) in [6.45, 7) is 11.2. The van der Waals surface area contributed by atoms with Crippen LogP contribution in [-0.2, 0) is 30.8 Å². The van der Waals surface area contributed by atoms with Crippen LogP contribution in [0.4, 0.5) is 0 Å². The lowest BCUT2D eigenvalue weighted by Gasteiger charge is -2.37. The van der Waals surface area contributed by atoms with E-state index in [2.05, 4.69) is 18.7 Å². The molecule has 1 saturated heterocycles. The number of ether oxygens (including phenoxy) is 1. The first kappa shape index (κ1) is 25.9. The fourth-order valence-electron chi connectivity index (χ4n) is 6.10. The highest BCUT2D eigenvalue weighted by molar-refractivity contribution is 7.89. The molecule has 1 aromatic rings. The third-order valence-electron chi connectivity index (χ3n) is 7.74. The van der Waals surface area contributed by atoms with E-state index in [4.69, 9.17) is 4.74 Å². The van der Waals surface area contributed by atoms with Crippen LogP contribution < -0.4 is 0 Å². The second kappa shape index (κ2) is 9.69. The van der Waals surface area contributed by atoms with Gasteiger partial charge in [0.25, 0.3) is 0 Å². The second-order valence-electron chi connectivity index (χ2n) is 10.9. The summed E-state index contributed by atoms with van der Waals surface area (Å²) in [5.74, 6) is -0.397. The molecule has 4 rings (SSSR count). The first-order valence-electron chi connectivity index (χ1n) is 12.8. The SMILES string of the molecule is CCOC(=O)C(C)N1C2=C(C(=O)CC(C)(C)C2)C(Cc2ccccc2S(=O)(=O)N2CCCC2)C1C. The predicted molar refractivity (Wildman–Crippen MR) is 134 cm³/mol. The zero-order chi connectivity index (χ0) is 25.5. The van der Waals surface area contributed by atoms with Crippen LogP contribution in [0.25, 0.3) is 0 Å². The smallest absolute Gasteiger partial charge is 0.328 e. The highest BCUT2D eigenvalue weighted by Crippen LogP contribution is 2.48. The number of ketones is 1. The average molecular weight is 503 g/mol. The fourth-order valence-corrected chi connectivity index (χ4v) is 7.85. The molecule has 1 fully saturated rings. The molecule has 3 unspecified atom stereocenters. The van der Waals surface area contributed by atoms with Crippen molar-refractivity contribution >= 4 is 21.8 Å². The van der Waals surface area contributed by atoms with E-state index in [1.54, 1.807) is 23.4 Å². The molecule has 2 aliphatic heterocycles. The van der Waals surface area contributed by atoms with Gasteiger partial charge in [0, 0.05) is 42.7 Å². The lowest BCUT2D eigenvalue weighted by Crippen LogP contribution is -2.44. The number of esters is 1. The van der Waals surface area contributed by atoms with Gasteiger partial charge < -0.3 is 9.64 Å². The van der Waals surface area contributed by atoms with Crippen LogP contribution >= 0.6 is 0 Å². The lowest BCUT2D eigenvalue weighted by molar-refractivity contribution is -0.149. The molecule has 0 N–H and O–H groups in total. The minimum Gasteiger partial charge on any atom is -0.464 e. The Labute approximate surface area is 209 Å². The Morgan fingerprint density at radius 3 is 2.49 bits per heavy atom. The zero-order valence-electron chi connectivity index (χ0n) is 21.5. The van der Waals surface area contributed by atoms with Gasteiger partial charge in [0.15, 0.2) is 5.78 Å². The van der Waals surface area contributed by atoms with Gasteiger partial charge in [0.05, 0.1) is 11.5 Å². The maximum atomic E-state index is 13.5. The van der Waals surface area contributed by atoms with Gasteiger partial charge in [-0.2, -0.15) is 4.31 Å². The number of sulfonamides is 1. The predicted octanol–water partition coefficient (Wildman–Crippen LogP) is 3.93. The van der Waals surface area contributed by atoms with Crippen molar-refractivity contribution in [1.82, 2.24) is 9.21 Å². The topological polar surface area (TPSA) is 84.0 Å². The summed E-state index contributed by atoms with van der Waals surface area (Å²) in [5, 5.41) is 0. The monoisotopic (exact) mass is 502 g/mol. The largest absolute Gasteiger partial charge is 0.464 e. The number of nitrogens with zero attached hydrogens (tertiary/aromatic N) is 2. The summed E-state index contributed by atoms with van der Waals surface area (Å²) in [6.07, 6.45) is 3.34. The maximum absolute atomic E-state index is 13.5. The summed E-state index contributed by atoms with van der Waals surface area (Å²) in [7, 11) is -3.60. The highest BCUT2D eigenvalue weighted by atomic mass is 32.2. The van der Waals surface area contributed by atoms with Crippen molar-refractivity contribution in [2.75, 3.05) is 19.7 Å². The zero-order valence-corrected chi connectivity index (χ0v) is 22.4. The molecule has 0 bridgehead atoms. The number of hydrogen-bond donors (Lipinski definition) is 0. The Hall–Kier alpha value is -2.19. The molecule has 3 atom stereocenters. The molecule has 7 nitrogen and oxygen atoms in total. The number of Topliss-reactive ketones (excluding diaryl/α,β-unsaturated/α-hetero) is 1. The van der Waals surface area contributed by atoms with E-state index >= 15 is 0 Å². The number of hydrogen-bond acceptors (Lipinski definition) is 6. The molecule has 0 aromatic heterocycles.